The van der Waals surface area contributed by atoms with Crippen LogP contribution >= 0.6 is 0 Å². The molecular formula is C30H36FN3O5S. The van der Waals surface area contributed by atoms with Crippen molar-refractivity contribution in [3.8, 4) is 5.75 Å². The van der Waals surface area contributed by atoms with Crippen LogP contribution in [-0.4, -0.2) is 50.5 Å². The van der Waals surface area contributed by atoms with Gasteiger partial charge < -0.3 is 15.0 Å². The lowest BCUT2D eigenvalue weighted by molar-refractivity contribution is -0.139. The van der Waals surface area contributed by atoms with Gasteiger partial charge in [0.25, 0.3) is 0 Å². The Hall–Kier alpha value is -3.92. The fraction of sp³-hybridized carbons (Fsp3) is 0.333. The lowest BCUT2D eigenvalue weighted by Gasteiger charge is -2.31. The molecule has 0 bridgehead atoms. The predicted molar refractivity (Wildman–Crippen MR) is 154 cm³/mol. The van der Waals surface area contributed by atoms with E-state index in [-0.39, 0.29) is 17.8 Å². The molecule has 0 aromatic heterocycles. The minimum Gasteiger partial charge on any atom is -0.489 e. The number of nitrogens with zero attached hydrogens (tertiary/aromatic N) is 2. The van der Waals surface area contributed by atoms with Crippen molar-refractivity contribution in [2.75, 3.05) is 23.7 Å². The average Bonchev–Trinajstić information content (AvgIpc) is 2.94. The summed E-state index contributed by atoms with van der Waals surface area (Å²) in [6, 6.07) is 21.0. The van der Waals surface area contributed by atoms with Gasteiger partial charge in [-0.25, -0.2) is 12.8 Å². The molecule has 3 rings (SSSR count). The van der Waals surface area contributed by atoms with E-state index in [1.54, 1.807) is 37.3 Å². The van der Waals surface area contributed by atoms with Crippen LogP contribution in [0.15, 0.2) is 78.9 Å². The molecule has 3 aromatic rings. The number of amides is 2. The van der Waals surface area contributed by atoms with E-state index in [9.17, 15) is 22.4 Å². The van der Waals surface area contributed by atoms with Gasteiger partial charge in [0.2, 0.25) is 21.8 Å². The second kappa shape index (κ2) is 14.5. The molecule has 1 N–H and O–H groups in total. The molecule has 0 spiro atoms. The van der Waals surface area contributed by atoms with Crippen LogP contribution in [0, 0.1) is 5.82 Å². The maximum atomic E-state index is 14.5. The number of nitrogens with one attached hydrogen (secondary N) is 1. The summed E-state index contributed by atoms with van der Waals surface area (Å²) in [4.78, 5) is 27.6. The van der Waals surface area contributed by atoms with Crippen molar-refractivity contribution in [3.63, 3.8) is 0 Å². The van der Waals surface area contributed by atoms with E-state index in [1.165, 1.54) is 23.1 Å². The molecule has 1 atom stereocenters. The third kappa shape index (κ3) is 8.81. The first-order chi connectivity index (χ1) is 19.1. The van der Waals surface area contributed by atoms with Crippen LogP contribution in [0.3, 0.4) is 0 Å². The van der Waals surface area contributed by atoms with Crippen molar-refractivity contribution in [1.29, 1.82) is 0 Å². The SMILES string of the molecule is CCCCNC(=O)C(C)N(Cc1ccccc1F)C(=O)CN(c1ccc(OCc2ccccc2)cc1)S(C)(=O)=O. The summed E-state index contributed by atoms with van der Waals surface area (Å²) in [6.45, 7) is 3.56. The summed E-state index contributed by atoms with van der Waals surface area (Å²) in [5.74, 6) is -1.03. The van der Waals surface area contributed by atoms with Gasteiger partial charge in [-0.1, -0.05) is 61.9 Å². The first-order valence-electron chi connectivity index (χ1n) is 13.1. The maximum absolute atomic E-state index is 14.5. The minimum atomic E-state index is -3.89. The fourth-order valence-corrected chi connectivity index (χ4v) is 4.84. The van der Waals surface area contributed by atoms with Gasteiger partial charge in [0.05, 0.1) is 11.9 Å². The van der Waals surface area contributed by atoms with Gasteiger partial charge >= 0.3 is 0 Å². The topological polar surface area (TPSA) is 96.0 Å². The highest BCUT2D eigenvalue weighted by molar-refractivity contribution is 7.92. The zero-order chi connectivity index (χ0) is 29.1. The Morgan fingerprint density at radius 2 is 1.62 bits per heavy atom. The molecule has 10 heteroatoms. The highest BCUT2D eigenvalue weighted by Crippen LogP contribution is 2.23. The van der Waals surface area contributed by atoms with Gasteiger partial charge in [0.1, 0.15) is 30.8 Å². The Balaban J connectivity index is 1.81. The number of carbonyl (C=O) groups is 2. The van der Waals surface area contributed by atoms with Crippen molar-refractivity contribution in [1.82, 2.24) is 10.2 Å². The van der Waals surface area contributed by atoms with Crippen LogP contribution in [0.4, 0.5) is 10.1 Å². The van der Waals surface area contributed by atoms with E-state index in [1.807, 2.05) is 37.3 Å². The number of anilines is 1. The van der Waals surface area contributed by atoms with Gasteiger partial charge in [-0.15, -0.1) is 0 Å². The van der Waals surface area contributed by atoms with Gasteiger partial charge in [-0.3, -0.25) is 13.9 Å². The summed E-state index contributed by atoms with van der Waals surface area (Å²) < 4.78 is 46.8. The van der Waals surface area contributed by atoms with Crippen molar-refractivity contribution in [3.05, 3.63) is 95.8 Å². The lowest BCUT2D eigenvalue weighted by atomic mass is 10.1. The predicted octanol–water partition coefficient (Wildman–Crippen LogP) is 4.50. The Morgan fingerprint density at radius 3 is 2.25 bits per heavy atom. The van der Waals surface area contributed by atoms with Crippen LogP contribution in [0.1, 0.15) is 37.8 Å². The molecule has 0 saturated heterocycles. The largest absolute Gasteiger partial charge is 0.489 e. The van der Waals surface area contributed by atoms with Crippen LogP contribution in [-0.2, 0) is 32.8 Å². The Morgan fingerprint density at radius 1 is 0.975 bits per heavy atom. The van der Waals surface area contributed by atoms with E-state index in [2.05, 4.69) is 5.32 Å². The lowest BCUT2D eigenvalue weighted by Crippen LogP contribution is -2.51. The van der Waals surface area contributed by atoms with Gasteiger partial charge in [-0.2, -0.15) is 0 Å². The first kappa shape index (κ1) is 30.6. The number of ether oxygens (including phenoxy) is 1. The third-order valence-electron chi connectivity index (χ3n) is 6.35. The molecule has 2 amide bonds. The molecule has 0 saturated carbocycles. The van der Waals surface area contributed by atoms with Crippen LogP contribution in [0.2, 0.25) is 0 Å². The average molecular weight is 570 g/mol. The quantitative estimate of drug-likeness (QED) is 0.289. The van der Waals surface area contributed by atoms with Crippen LogP contribution < -0.4 is 14.4 Å². The molecule has 0 aliphatic heterocycles. The van der Waals surface area contributed by atoms with Crippen molar-refractivity contribution >= 4 is 27.5 Å². The number of rotatable bonds is 14. The van der Waals surface area contributed by atoms with E-state index in [0.717, 1.165) is 29.0 Å². The number of halogens is 1. The number of sulfonamides is 1. The zero-order valence-corrected chi connectivity index (χ0v) is 23.9. The molecule has 1 unspecified atom stereocenters. The van der Waals surface area contributed by atoms with E-state index >= 15 is 0 Å². The normalized spacial score (nSPS) is 11.9. The summed E-state index contributed by atoms with van der Waals surface area (Å²) >= 11 is 0. The molecule has 0 heterocycles. The van der Waals surface area contributed by atoms with Gasteiger partial charge in [-0.05, 0) is 49.2 Å². The molecule has 0 radical (unpaired) electrons. The van der Waals surface area contributed by atoms with E-state index < -0.39 is 40.2 Å². The smallest absolute Gasteiger partial charge is 0.244 e. The molecule has 0 aliphatic carbocycles. The monoisotopic (exact) mass is 569 g/mol. The Labute approximate surface area is 235 Å². The molecule has 0 aliphatic rings. The highest BCUT2D eigenvalue weighted by atomic mass is 32.2. The fourth-order valence-electron chi connectivity index (χ4n) is 3.99. The highest BCUT2D eigenvalue weighted by Gasteiger charge is 2.30. The first-order valence-corrected chi connectivity index (χ1v) is 15.0. The molecule has 0 fully saturated rings. The maximum Gasteiger partial charge on any atom is 0.244 e. The Bertz CT molecular complexity index is 1370. The summed E-state index contributed by atoms with van der Waals surface area (Å²) in [5, 5.41) is 2.79. The Kier molecular flexibility index (Phi) is 11.1. The summed E-state index contributed by atoms with van der Waals surface area (Å²) in [6.07, 6.45) is 2.65. The van der Waals surface area contributed by atoms with Crippen molar-refractivity contribution in [2.45, 2.75) is 45.9 Å². The second-order valence-electron chi connectivity index (χ2n) is 9.47. The zero-order valence-electron chi connectivity index (χ0n) is 23.0. The minimum absolute atomic E-state index is 0.197. The van der Waals surface area contributed by atoms with E-state index in [4.69, 9.17) is 4.74 Å². The molecule has 8 nitrogen and oxygen atoms in total. The second-order valence-corrected chi connectivity index (χ2v) is 11.4. The molecule has 40 heavy (non-hydrogen) atoms. The van der Waals surface area contributed by atoms with Crippen molar-refractivity contribution in [2.24, 2.45) is 0 Å². The molecule has 3 aromatic carbocycles. The van der Waals surface area contributed by atoms with Gasteiger partial charge in [0, 0.05) is 18.7 Å². The van der Waals surface area contributed by atoms with E-state index in [0.29, 0.717) is 18.9 Å². The summed E-state index contributed by atoms with van der Waals surface area (Å²) in [5.41, 5.74) is 1.46. The standard InChI is InChI=1S/C30H36FN3O5S/c1-4-5-19-32-30(36)23(2)33(20-25-13-9-10-14-28(25)31)29(35)21-34(40(3,37)38)26-15-17-27(18-16-26)39-22-24-11-7-6-8-12-24/h6-18,23H,4-5,19-22H2,1-3H3,(H,32,36). The van der Waals surface area contributed by atoms with Crippen molar-refractivity contribution < 1.29 is 27.1 Å². The van der Waals surface area contributed by atoms with Gasteiger partial charge in [0.15, 0.2) is 0 Å². The third-order valence-corrected chi connectivity index (χ3v) is 7.49. The number of hydrogen-bond donors (Lipinski definition) is 1. The molecule has 214 valence electrons. The number of hydrogen-bond acceptors (Lipinski definition) is 5. The molecular weight excluding hydrogens is 533 g/mol. The summed E-state index contributed by atoms with van der Waals surface area (Å²) in [7, 11) is -3.89. The van der Waals surface area contributed by atoms with Crippen LogP contribution in [0.5, 0.6) is 5.75 Å². The van der Waals surface area contributed by atoms with Crippen LogP contribution in [0.25, 0.3) is 0 Å². The number of unbranched alkanes of at least 4 members (excludes halogenated alkanes) is 1. The number of benzene rings is 3. The number of carbonyl (C=O) groups excluding carboxylic acids is 2.